The van der Waals surface area contributed by atoms with Gasteiger partial charge in [-0.1, -0.05) is 13.0 Å². The molecule has 0 bridgehead atoms. The molecular formula is C6H10O2. The summed E-state index contributed by atoms with van der Waals surface area (Å²) >= 11 is 0. The quantitative estimate of drug-likeness (QED) is 0.538. The van der Waals surface area contributed by atoms with E-state index in [9.17, 15) is 4.79 Å². The number of carbonyl (C=O) groups is 1. The van der Waals surface area contributed by atoms with Crippen LogP contribution in [-0.2, 0) is 4.79 Å². The third-order valence-corrected chi connectivity index (χ3v) is 1.02. The Bertz CT molecular complexity index is 96.7. The van der Waals surface area contributed by atoms with Crippen molar-refractivity contribution in [2.24, 2.45) is 5.92 Å². The van der Waals surface area contributed by atoms with Gasteiger partial charge in [0, 0.05) is 5.92 Å². The van der Waals surface area contributed by atoms with Crippen molar-refractivity contribution in [1.29, 1.82) is 0 Å². The van der Waals surface area contributed by atoms with Gasteiger partial charge in [-0.15, -0.1) is 6.58 Å². The maximum Gasteiger partial charge on any atom is 0.164 e. The van der Waals surface area contributed by atoms with Crippen LogP contribution in [0.5, 0.6) is 0 Å². The highest BCUT2D eigenvalue weighted by Crippen LogP contribution is 1.94. The second-order valence-electron chi connectivity index (χ2n) is 1.65. The van der Waals surface area contributed by atoms with Gasteiger partial charge in [0.25, 0.3) is 0 Å². The fourth-order valence-corrected chi connectivity index (χ4v) is 0.275. The molecule has 0 aliphatic rings. The number of ketones is 1. The molecule has 46 valence electrons. The summed E-state index contributed by atoms with van der Waals surface area (Å²) in [5, 5.41) is 8.24. The molecule has 0 heterocycles. The molecule has 0 radical (unpaired) electrons. The number of hydrogen-bond donors (Lipinski definition) is 1. The molecule has 2 nitrogen and oxygen atoms in total. The summed E-state index contributed by atoms with van der Waals surface area (Å²) in [6.45, 7) is 4.72. The molecule has 0 saturated carbocycles. The molecule has 0 saturated heterocycles. The molecule has 2 heteroatoms. The number of rotatable bonds is 3. The summed E-state index contributed by atoms with van der Waals surface area (Å²) in [4.78, 5) is 10.4. The first-order chi connectivity index (χ1) is 3.72. The minimum absolute atomic E-state index is 0.181. The van der Waals surface area contributed by atoms with Gasteiger partial charge in [-0.05, 0) is 0 Å². The predicted octanol–water partition coefficient (Wildman–Crippen LogP) is 0.370. The molecule has 0 aromatic heterocycles. The van der Waals surface area contributed by atoms with Gasteiger partial charge < -0.3 is 5.11 Å². The minimum atomic E-state index is -0.382. The summed E-state index contributed by atoms with van der Waals surface area (Å²) in [6.07, 6.45) is 1.51. The Morgan fingerprint density at radius 1 is 2.00 bits per heavy atom. The highest BCUT2D eigenvalue weighted by molar-refractivity contribution is 5.83. The van der Waals surface area contributed by atoms with Crippen LogP contribution in [0.2, 0.25) is 0 Å². The standard InChI is InChI=1S/C6H10O2/c1-3-5(2)6(8)4-7/h3,5,7H,1,4H2,2H3. The second-order valence-corrected chi connectivity index (χ2v) is 1.65. The van der Waals surface area contributed by atoms with Crippen LogP contribution in [-0.4, -0.2) is 17.5 Å². The molecular weight excluding hydrogens is 104 g/mol. The van der Waals surface area contributed by atoms with Crippen molar-refractivity contribution in [3.05, 3.63) is 12.7 Å². The normalized spacial score (nSPS) is 12.8. The number of allylic oxidation sites excluding steroid dienone is 1. The van der Waals surface area contributed by atoms with Gasteiger partial charge >= 0.3 is 0 Å². The lowest BCUT2D eigenvalue weighted by Crippen LogP contribution is -2.11. The lowest BCUT2D eigenvalue weighted by atomic mass is 10.1. The summed E-state index contributed by atoms with van der Waals surface area (Å²) in [5.41, 5.74) is 0. The maximum absolute atomic E-state index is 10.4. The fourth-order valence-electron chi connectivity index (χ4n) is 0.275. The van der Waals surface area contributed by atoms with Crippen LogP contribution >= 0.6 is 0 Å². The van der Waals surface area contributed by atoms with E-state index in [2.05, 4.69) is 6.58 Å². The van der Waals surface area contributed by atoms with Crippen molar-refractivity contribution in [2.75, 3.05) is 6.61 Å². The largest absolute Gasteiger partial charge is 0.389 e. The van der Waals surface area contributed by atoms with Crippen LogP contribution in [0, 0.1) is 5.92 Å². The highest BCUT2D eigenvalue weighted by atomic mass is 16.3. The Morgan fingerprint density at radius 2 is 2.50 bits per heavy atom. The first-order valence-electron chi connectivity index (χ1n) is 2.48. The van der Waals surface area contributed by atoms with E-state index in [1.165, 1.54) is 6.08 Å². The van der Waals surface area contributed by atoms with Crippen LogP contribution < -0.4 is 0 Å². The third kappa shape index (κ3) is 1.89. The van der Waals surface area contributed by atoms with E-state index in [0.717, 1.165) is 0 Å². The van der Waals surface area contributed by atoms with Gasteiger partial charge in [-0.3, -0.25) is 4.79 Å². The fraction of sp³-hybridized carbons (Fsp3) is 0.500. The van der Waals surface area contributed by atoms with E-state index in [4.69, 9.17) is 5.11 Å². The minimum Gasteiger partial charge on any atom is -0.389 e. The molecule has 0 aliphatic heterocycles. The van der Waals surface area contributed by atoms with Crippen molar-refractivity contribution in [2.45, 2.75) is 6.92 Å². The van der Waals surface area contributed by atoms with E-state index in [1.807, 2.05) is 0 Å². The van der Waals surface area contributed by atoms with Gasteiger partial charge in [0.15, 0.2) is 5.78 Å². The van der Waals surface area contributed by atoms with Crippen LogP contribution in [0.3, 0.4) is 0 Å². The Labute approximate surface area is 48.8 Å². The lowest BCUT2D eigenvalue weighted by Gasteiger charge is -1.97. The van der Waals surface area contributed by atoms with Crippen LogP contribution in [0.25, 0.3) is 0 Å². The summed E-state index contributed by atoms with van der Waals surface area (Å²) in [7, 11) is 0. The van der Waals surface area contributed by atoms with Crippen molar-refractivity contribution >= 4 is 5.78 Å². The van der Waals surface area contributed by atoms with Gasteiger partial charge in [-0.2, -0.15) is 0 Å². The van der Waals surface area contributed by atoms with Gasteiger partial charge in [0.2, 0.25) is 0 Å². The molecule has 0 rings (SSSR count). The van der Waals surface area contributed by atoms with Crippen LogP contribution in [0.15, 0.2) is 12.7 Å². The topological polar surface area (TPSA) is 37.3 Å². The highest BCUT2D eigenvalue weighted by Gasteiger charge is 2.04. The van der Waals surface area contributed by atoms with Gasteiger partial charge in [0.1, 0.15) is 6.61 Å². The zero-order chi connectivity index (χ0) is 6.57. The van der Waals surface area contributed by atoms with Crippen molar-refractivity contribution in [1.82, 2.24) is 0 Å². The van der Waals surface area contributed by atoms with E-state index < -0.39 is 0 Å². The third-order valence-electron chi connectivity index (χ3n) is 1.02. The SMILES string of the molecule is C=CC(C)C(=O)CO. The van der Waals surface area contributed by atoms with E-state index in [1.54, 1.807) is 6.92 Å². The average Bonchev–Trinajstić information content (AvgIpc) is 1.84. The lowest BCUT2D eigenvalue weighted by molar-refractivity contribution is -0.123. The van der Waals surface area contributed by atoms with Gasteiger partial charge in [0.05, 0.1) is 0 Å². The monoisotopic (exact) mass is 114 g/mol. The molecule has 1 atom stereocenters. The Balaban J connectivity index is 3.62. The van der Waals surface area contributed by atoms with Crippen LogP contribution in [0.1, 0.15) is 6.92 Å². The van der Waals surface area contributed by atoms with Crippen molar-refractivity contribution in [3.63, 3.8) is 0 Å². The van der Waals surface area contributed by atoms with Crippen LogP contribution in [0.4, 0.5) is 0 Å². The Morgan fingerprint density at radius 3 is 2.62 bits per heavy atom. The Hall–Kier alpha value is -0.630. The molecule has 0 aromatic rings. The number of carbonyl (C=O) groups excluding carboxylic acids is 1. The molecule has 0 fully saturated rings. The molecule has 8 heavy (non-hydrogen) atoms. The number of aliphatic hydroxyl groups excluding tert-OH is 1. The number of aliphatic hydroxyl groups is 1. The summed E-state index contributed by atoms with van der Waals surface area (Å²) in [6, 6.07) is 0. The Kier molecular flexibility index (Phi) is 3.12. The molecule has 0 amide bonds. The second kappa shape index (κ2) is 3.38. The first-order valence-corrected chi connectivity index (χ1v) is 2.48. The van der Waals surface area contributed by atoms with Crippen molar-refractivity contribution < 1.29 is 9.90 Å². The molecule has 1 unspecified atom stereocenters. The summed E-state index contributed by atoms with van der Waals surface area (Å²) in [5.74, 6) is -0.389. The first kappa shape index (κ1) is 7.37. The molecule has 0 aliphatic carbocycles. The number of hydrogen-bond acceptors (Lipinski definition) is 2. The predicted molar refractivity (Wildman–Crippen MR) is 31.5 cm³/mol. The van der Waals surface area contributed by atoms with Gasteiger partial charge in [-0.25, -0.2) is 0 Å². The maximum atomic E-state index is 10.4. The summed E-state index contributed by atoms with van der Waals surface area (Å²) < 4.78 is 0. The molecule has 0 aromatic carbocycles. The average molecular weight is 114 g/mol. The number of Topliss-reactive ketones (excluding diaryl/α,β-unsaturated/α-hetero) is 1. The zero-order valence-electron chi connectivity index (χ0n) is 4.92. The van der Waals surface area contributed by atoms with E-state index >= 15 is 0 Å². The molecule has 0 spiro atoms. The van der Waals surface area contributed by atoms with E-state index in [0.29, 0.717) is 0 Å². The smallest absolute Gasteiger partial charge is 0.164 e. The zero-order valence-corrected chi connectivity index (χ0v) is 4.92. The molecule has 1 N–H and O–H groups in total. The van der Waals surface area contributed by atoms with Crippen molar-refractivity contribution in [3.8, 4) is 0 Å². The van der Waals surface area contributed by atoms with E-state index in [-0.39, 0.29) is 18.3 Å².